The molecule has 0 bridgehead atoms. The number of guanidine groups is 1. The average Bonchev–Trinajstić information content (AvgIpc) is 2.61. The number of benzene rings is 1. The Bertz CT molecular complexity index is 721. The Morgan fingerprint density at radius 2 is 1.96 bits per heavy atom. The number of nitrogens with one attached hydrogen (secondary N) is 2. The maximum absolute atomic E-state index is 12.2. The number of carbonyl (C=O) groups is 3. The van der Waals surface area contributed by atoms with E-state index in [4.69, 9.17) is 16.6 Å². The van der Waals surface area contributed by atoms with Crippen molar-refractivity contribution in [3.05, 3.63) is 29.8 Å². The van der Waals surface area contributed by atoms with Gasteiger partial charge in [-0.3, -0.25) is 14.4 Å². The summed E-state index contributed by atoms with van der Waals surface area (Å²) in [4.78, 5) is 40.3. The van der Waals surface area contributed by atoms with E-state index in [2.05, 4.69) is 15.6 Å². The minimum Gasteiger partial charge on any atom is -0.480 e. The first-order valence-electron chi connectivity index (χ1n) is 8.58. The molecule has 0 radical (unpaired) electrons. The molecule has 0 spiro atoms. The molecule has 2 amide bonds. The van der Waals surface area contributed by atoms with Crippen LogP contribution in [0.5, 0.6) is 0 Å². The van der Waals surface area contributed by atoms with E-state index in [1.54, 1.807) is 24.3 Å². The van der Waals surface area contributed by atoms with Crippen molar-refractivity contribution in [3.8, 4) is 0 Å². The number of amides is 2. The minimum absolute atomic E-state index is 0. The van der Waals surface area contributed by atoms with Gasteiger partial charge in [0.2, 0.25) is 5.91 Å². The predicted octanol–water partition coefficient (Wildman–Crippen LogP) is -0.592. The van der Waals surface area contributed by atoms with E-state index in [-0.39, 0.29) is 36.7 Å². The van der Waals surface area contributed by atoms with Gasteiger partial charge in [0.15, 0.2) is 5.96 Å². The first kappa shape index (κ1) is 23.2. The number of piperazine rings is 1. The summed E-state index contributed by atoms with van der Waals surface area (Å²) in [6.07, 6.45) is 1.10. The smallest absolute Gasteiger partial charge is 0.323 e. The van der Waals surface area contributed by atoms with E-state index in [9.17, 15) is 14.4 Å². The standard InChI is InChI=1S/C17H24N6O4.ClH/c18-17(19)22-12-5-3-11(4-6-12)15(26)21-7-1-2-13-16(27)23(9-8-20-13)10-14(24)25;/h3-6,13,20H,1-2,7-10H2,(H,21,26)(H,24,25)(H4,18,19,22);1H. The fourth-order valence-electron chi connectivity index (χ4n) is 2.78. The highest BCUT2D eigenvalue weighted by molar-refractivity contribution is 5.94. The molecule has 7 N–H and O–H groups in total. The third kappa shape index (κ3) is 7.05. The number of carboxylic acids is 1. The third-order valence-corrected chi connectivity index (χ3v) is 4.05. The van der Waals surface area contributed by atoms with Crippen LogP contribution in [-0.2, 0) is 9.59 Å². The van der Waals surface area contributed by atoms with Crippen LogP contribution in [0, 0.1) is 0 Å². The Kier molecular flexibility index (Phi) is 9.19. The van der Waals surface area contributed by atoms with Crippen LogP contribution in [0.2, 0.25) is 0 Å². The molecule has 1 atom stereocenters. The maximum Gasteiger partial charge on any atom is 0.323 e. The summed E-state index contributed by atoms with van der Waals surface area (Å²) in [5.41, 5.74) is 11.6. The molecule has 1 fully saturated rings. The molecule has 1 saturated heterocycles. The van der Waals surface area contributed by atoms with E-state index >= 15 is 0 Å². The molecule has 10 nitrogen and oxygen atoms in total. The topological polar surface area (TPSA) is 163 Å². The Labute approximate surface area is 168 Å². The zero-order valence-electron chi connectivity index (χ0n) is 15.3. The molecule has 1 aromatic rings. The molecule has 28 heavy (non-hydrogen) atoms. The maximum atomic E-state index is 12.2. The summed E-state index contributed by atoms with van der Waals surface area (Å²) in [5, 5.41) is 14.7. The lowest BCUT2D eigenvalue weighted by atomic mass is 10.1. The van der Waals surface area contributed by atoms with E-state index in [0.29, 0.717) is 43.7 Å². The first-order valence-corrected chi connectivity index (χ1v) is 8.58. The number of halogens is 1. The van der Waals surface area contributed by atoms with Gasteiger partial charge in [0.25, 0.3) is 5.91 Å². The van der Waals surface area contributed by atoms with Gasteiger partial charge in [-0.25, -0.2) is 4.99 Å². The number of aliphatic imine (C=N–C) groups is 1. The van der Waals surface area contributed by atoms with Crippen LogP contribution in [0.25, 0.3) is 0 Å². The summed E-state index contributed by atoms with van der Waals surface area (Å²) >= 11 is 0. The molecule has 0 aliphatic carbocycles. The Morgan fingerprint density at radius 3 is 2.57 bits per heavy atom. The monoisotopic (exact) mass is 412 g/mol. The van der Waals surface area contributed by atoms with Crippen LogP contribution in [0.15, 0.2) is 29.3 Å². The number of hydrogen-bond donors (Lipinski definition) is 5. The summed E-state index contributed by atoms with van der Waals surface area (Å²) in [7, 11) is 0. The second kappa shape index (κ2) is 11.1. The van der Waals surface area contributed by atoms with Crippen LogP contribution in [0.4, 0.5) is 5.69 Å². The number of nitrogens with two attached hydrogens (primary N) is 2. The highest BCUT2D eigenvalue weighted by Crippen LogP contribution is 2.12. The minimum atomic E-state index is -1.03. The van der Waals surface area contributed by atoms with Crippen LogP contribution >= 0.6 is 12.4 Å². The van der Waals surface area contributed by atoms with Crippen molar-refractivity contribution in [1.29, 1.82) is 0 Å². The second-order valence-electron chi connectivity index (χ2n) is 6.14. The zero-order valence-corrected chi connectivity index (χ0v) is 16.1. The number of carbonyl (C=O) groups excluding carboxylic acids is 2. The molecule has 1 heterocycles. The lowest BCUT2D eigenvalue weighted by molar-refractivity contribution is -0.146. The SMILES string of the molecule is Cl.NC(N)=Nc1ccc(C(=O)NCCCC2NCCN(CC(=O)O)C2=O)cc1. The van der Waals surface area contributed by atoms with E-state index < -0.39 is 12.0 Å². The van der Waals surface area contributed by atoms with Crippen molar-refractivity contribution in [3.63, 3.8) is 0 Å². The van der Waals surface area contributed by atoms with E-state index in [1.165, 1.54) is 4.90 Å². The quantitative estimate of drug-likeness (QED) is 0.216. The molecule has 1 unspecified atom stereocenters. The Morgan fingerprint density at radius 1 is 1.29 bits per heavy atom. The van der Waals surface area contributed by atoms with Crippen molar-refractivity contribution >= 4 is 41.8 Å². The van der Waals surface area contributed by atoms with Crippen molar-refractivity contribution in [2.75, 3.05) is 26.2 Å². The molecule has 11 heteroatoms. The van der Waals surface area contributed by atoms with Gasteiger partial charge in [-0.05, 0) is 37.1 Å². The highest BCUT2D eigenvalue weighted by Gasteiger charge is 2.28. The molecule has 0 saturated carbocycles. The average molecular weight is 413 g/mol. The first-order chi connectivity index (χ1) is 12.9. The number of carboxylic acid groups (broad SMARTS) is 1. The van der Waals surface area contributed by atoms with Crippen molar-refractivity contribution in [2.24, 2.45) is 16.5 Å². The Hall–Kier alpha value is -2.85. The van der Waals surface area contributed by atoms with Crippen LogP contribution < -0.4 is 22.1 Å². The number of nitrogens with zero attached hydrogens (tertiary/aromatic N) is 2. The number of aliphatic carboxylic acids is 1. The van der Waals surface area contributed by atoms with Gasteiger partial charge in [-0.15, -0.1) is 12.4 Å². The van der Waals surface area contributed by atoms with Gasteiger partial charge in [0, 0.05) is 25.2 Å². The van der Waals surface area contributed by atoms with Gasteiger partial charge in [0.05, 0.1) is 11.7 Å². The second-order valence-corrected chi connectivity index (χ2v) is 6.14. The molecular weight excluding hydrogens is 388 g/mol. The lowest BCUT2D eigenvalue weighted by Crippen LogP contribution is -2.56. The van der Waals surface area contributed by atoms with Gasteiger partial charge < -0.3 is 32.1 Å². The molecule has 1 aromatic carbocycles. The van der Waals surface area contributed by atoms with Gasteiger partial charge in [0.1, 0.15) is 6.54 Å². The largest absolute Gasteiger partial charge is 0.480 e. The lowest BCUT2D eigenvalue weighted by Gasteiger charge is -2.32. The Balaban J connectivity index is 0.00000392. The molecule has 1 aliphatic heterocycles. The van der Waals surface area contributed by atoms with Gasteiger partial charge >= 0.3 is 5.97 Å². The normalized spacial score (nSPS) is 16.1. The van der Waals surface area contributed by atoms with E-state index in [0.717, 1.165) is 0 Å². The summed E-state index contributed by atoms with van der Waals surface area (Å²) in [5.74, 6) is -1.53. The van der Waals surface area contributed by atoms with Crippen molar-refractivity contribution in [2.45, 2.75) is 18.9 Å². The van der Waals surface area contributed by atoms with Crippen molar-refractivity contribution in [1.82, 2.24) is 15.5 Å². The van der Waals surface area contributed by atoms with Crippen LogP contribution in [-0.4, -0.2) is 66.0 Å². The summed E-state index contributed by atoms with van der Waals surface area (Å²) in [6, 6.07) is 6.08. The van der Waals surface area contributed by atoms with Gasteiger partial charge in [-0.1, -0.05) is 0 Å². The molecule has 154 valence electrons. The van der Waals surface area contributed by atoms with E-state index in [1.807, 2.05) is 0 Å². The van der Waals surface area contributed by atoms with Gasteiger partial charge in [-0.2, -0.15) is 0 Å². The molecular formula is C17H25ClN6O4. The predicted molar refractivity (Wildman–Crippen MR) is 107 cm³/mol. The molecule has 2 rings (SSSR count). The van der Waals surface area contributed by atoms with Crippen LogP contribution in [0.1, 0.15) is 23.2 Å². The summed E-state index contributed by atoms with van der Waals surface area (Å²) < 4.78 is 0. The molecule has 0 aromatic heterocycles. The molecule has 1 aliphatic rings. The number of rotatable bonds is 8. The zero-order chi connectivity index (χ0) is 19.8. The third-order valence-electron chi connectivity index (χ3n) is 4.05. The van der Waals surface area contributed by atoms with Crippen LogP contribution in [0.3, 0.4) is 0 Å². The fraction of sp³-hybridized carbons (Fsp3) is 0.412. The highest BCUT2D eigenvalue weighted by atomic mass is 35.5. The number of hydrogen-bond acceptors (Lipinski definition) is 5. The van der Waals surface area contributed by atoms with Crippen molar-refractivity contribution < 1.29 is 19.5 Å². The summed E-state index contributed by atoms with van der Waals surface area (Å²) in [6.45, 7) is 1.05. The fourth-order valence-corrected chi connectivity index (χ4v) is 2.78.